The van der Waals surface area contributed by atoms with Crippen LogP contribution in [0.4, 0.5) is 0 Å². The van der Waals surface area contributed by atoms with Crippen molar-refractivity contribution < 1.29 is 33.0 Å². The number of rotatable bonds is 6. The Balaban J connectivity index is 1.91. The SMILES string of the molecule is COC(=O)C1=C(C)NC2=C(C(=O)C[C@@H](c3ccco3)C2)[C@H]1c1cc(OC)c(OC)cc1OC. The molecule has 2 aliphatic rings. The predicted octanol–water partition coefficient (Wildman–Crippen LogP) is 3.84. The normalized spacial score (nSPS) is 20.2. The fourth-order valence-electron chi connectivity index (χ4n) is 4.73. The second-order valence-corrected chi connectivity index (χ2v) is 7.97. The molecule has 8 heteroatoms. The van der Waals surface area contributed by atoms with Crippen LogP contribution in [0.2, 0.25) is 0 Å². The quantitative estimate of drug-likeness (QED) is 0.659. The topological polar surface area (TPSA) is 96.2 Å². The van der Waals surface area contributed by atoms with Crippen LogP contribution in [0, 0.1) is 0 Å². The maximum atomic E-state index is 13.5. The summed E-state index contributed by atoms with van der Waals surface area (Å²) >= 11 is 0. The van der Waals surface area contributed by atoms with Crippen molar-refractivity contribution in [2.45, 2.75) is 31.6 Å². The molecule has 33 heavy (non-hydrogen) atoms. The van der Waals surface area contributed by atoms with E-state index < -0.39 is 11.9 Å². The van der Waals surface area contributed by atoms with Gasteiger partial charge in [0, 0.05) is 40.9 Å². The Morgan fingerprint density at radius 1 is 1.03 bits per heavy atom. The minimum atomic E-state index is -0.687. The summed E-state index contributed by atoms with van der Waals surface area (Å²) in [6, 6.07) is 7.14. The summed E-state index contributed by atoms with van der Waals surface area (Å²) in [7, 11) is 5.92. The van der Waals surface area contributed by atoms with E-state index in [2.05, 4.69) is 5.32 Å². The van der Waals surface area contributed by atoms with E-state index in [1.54, 1.807) is 25.3 Å². The Hall–Kier alpha value is -3.68. The summed E-state index contributed by atoms with van der Waals surface area (Å²) in [5.74, 6) is 0.823. The third-order valence-electron chi connectivity index (χ3n) is 6.23. The van der Waals surface area contributed by atoms with Gasteiger partial charge >= 0.3 is 5.97 Å². The lowest BCUT2D eigenvalue weighted by Crippen LogP contribution is -2.36. The maximum Gasteiger partial charge on any atom is 0.336 e. The fraction of sp³-hybridized carbons (Fsp3) is 0.360. The zero-order chi connectivity index (χ0) is 23.7. The van der Waals surface area contributed by atoms with Crippen molar-refractivity contribution in [3.63, 3.8) is 0 Å². The third kappa shape index (κ3) is 3.86. The summed E-state index contributed by atoms with van der Waals surface area (Å²) in [6.07, 6.45) is 2.45. The van der Waals surface area contributed by atoms with Gasteiger partial charge in [-0.1, -0.05) is 0 Å². The first-order valence-electron chi connectivity index (χ1n) is 10.6. The lowest BCUT2D eigenvalue weighted by Gasteiger charge is -2.36. The molecule has 0 unspecified atom stereocenters. The van der Waals surface area contributed by atoms with Gasteiger partial charge in [0.2, 0.25) is 0 Å². The number of allylic oxidation sites excluding steroid dienone is 3. The summed E-state index contributed by atoms with van der Waals surface area (Å²) < 4.78 is 27.2. The van der Waals surface area contributed by atoms with Crippen LogP contribution < -0.4 is 19.5 Å². The van der Waals surface area contributed by atoms with Crippen LogP contribution in [0.5, 0.6) is 17.2 Å². The number of Topliss-reactive ketones (excluding diaryl/α,β-unsaturated/α-hetero) is 1. The van der Waals surface area contributed by atoms with Gasteiger partial charge in [-0.15, -0.1) is 0 Å². The number of nitrogens with one attached hydrogen (secondary N) is 1. The number of methoxy groups -OCH3 is 4. The molecule has 1 aliphatic carbocycles. The number of benzene rings is 1. The van der Waals surface area contributed by atoms with Crippen molar-refractivity contribution in [1.82, 2.24) is 5.32 Å². The molecule has 2 aromatic rings. The number of esters is 1. The van der Waals surface area contributed by atoms with Gasteiger partial charge in [0.05, 0.1) is 46.2 Å². The second-order valence-electron chi connectivity index (χ2n) is 7.97. The largest absolute Gasteiger partial charge is 0.496 e. The molecular formula is C25H27NO7. The van der Waals surface area contributed by atoms with Crippen molar-refractivity contribution in [2.75, 3.05) is 28.4 Å². The molecule has 0 bridgehead atoms. The molecule has 0 radical (unpaired) electrons. The van der Waals surface area contributed by atoms with Crippen LogP contribution in [0.1, 0.15) is 42.9 Å². The van der Waals surface area contributed by atoms with E-state index in [1.165, 1.54) is 28.4 Å². The van der Waals surface area contributed by atoms with Gasteiger partial charge in [0.15, 0.2) is 17.3 Å². The fourth-order valence-corrected chi connectivity index (χ4v) is 4.73. The van der Waals surface area contributed by atoms with Gasteiger partial charge in [-0.05, 0) is 31.5 Å². The van der Waals surface area contributed by atoms with Crippen molar-refractivity contribution in [1.29, 1.82) is 0 Å². The van der Waals surface area contributed by atoms with E-state index in [0.717, 1.165) is 11.5 Å². The summed E-state index contributed by atoms with van der Waals surface area (Å²) in [5, 5.41) is 3.29. The highest BCUT2D eigenvalue weighted by Crippen LogP contribution is 2.49. The molecule has 0 saturated heterocycles. The number of furan rings is 1. The number of ether oxygens (including phenoxy) is 4. The zero-order valence-corrected chi connectivity index (χ0v) is 19.3. The van der Waals surface area contributed by atoms with E-state index in [-0.39, 0.29) is 18.1 Å². The highest BCUT2D eigenvalue weighted by Gasteiger charge is 2.43. The van der Waals surface area contributed by atoms with E-state index in [4.69, 9.17) is 23.4 Å². The Bertz CT molecular complexity index is 1140. The Morgan fingerprint density at radius 3 is 2.33 bits per heavy atom. The van der Waals surface area contributed by atoms with E-state index >= 15 is 0 Å². The molecule has 0 saturated carbocycles. The first kappa shape index (κ1) is 22.5. The van der Waals surface area contributed by atoms with Crippen LogP contribution in [0.3, 0.4) is 0 Å². The van der Waals surface area contributed by atoms with Crippen LogP contribution >= 0.6 is 0 Å². The Kier molecular flexibility index (Phi) is 6.18. The Labute approximate surface area is 192 Å². The first-order valence-corrected chi connectivity index (χ1v) is 10.6. The molecule has 0 fully saturated rings. The van der Waals surface area contributed by atoms with Gasteiger partial charge < -0.3 is 28.7 Å². The molecule has 1 N–H and O–H groups in total. The highest BCUT2D eigenvalue weighted by molar-refractivity contribution is 6.04. The number of carbonyl (C=O) groups excluding carboxylic acids is 2. The molecule has 1 aromatic heterocycles. The van der Waals surface area contributed by atoms with Crippen molar-refractivity contribution in [2.24, 2.45) is 0 Å². The van der Waals surface area contributed by atoms with Crippen LogP contribution in [0.15, 0.2) is 57.5 Å². The van der Waals surface area contributed by atoms with Crippen molar-refractivity contribution in [3.8, 4) is 17.2 Å². The highest BCUT2D eigenvalue weighted by atomic mass is 16.5. The first-order chi connectivity index (χ1) is 15.9. The van der Waals surface area contributed by atoms with Gasteiger partial charge in [-0.2, -0.15) is 0 Å². The summed E-state index contributed by atoms with van der Waals surface area (Å²) in [5.41, 5.74) is 2.88. The molecule has 8 nitrogen and oxygen atoms in total. The molecule has 2 heterocycles. The molecule has 0 spiro atoms. The predicted molar refractivity (Wildman–Crippen MR) is 119 cm³/mol. The maximum absolute atomic E-state index is 13.5. The summed E-state index contributed by atoms with van der Waals surface area (Å²) in [4.78, 5) is 26.5. The number of dihydropyridines is 1. The van der Waals surface area contributed by atoms with E-state index in [0.29, 0.717) is 46.1 Å². The molecule has 4 rings (SSSR count). The second kappa shape index (κ2) is 9.05. The lowest BCUT2D eigenvalue weighted by atomic mass is 9.72. The molecule has 174 valence electrons. The lowest BCUT2D eigenvalue weighted by molar-refractivity contribution is -0.136. The smallest absolute Gasteiger partial charge is 0.336 e. The summed E-state index contributed by atoms with van der Waals surface area (Å²) in [6.45, 7) is 1.80. The zero-order valence-electron chi connectivity index (χ0n) is 19.3. The van der Waals surface area contributed by atoms with Gasteiger partial charge in [0.25, 0.3) is 0 Å². The Morgan fingerprint density at radius 2 is 1.73 bits per heavy atom. The van der Waals surface area contributed by atoms with Crippen LogP contribution in [-0.2, 0) is 14.3 Å². The average molecular weight is 453 g/mol. The van der Waals surface area contributed by atoms with Crippen molar-refractivity contribution >= 4 is 11.8 Å². The monoisotopic (exact) mass is 453 g/mol. The van der Waals surface area contributed by atoms with Gasteiger partial charge in [-0.25, -0.2) is 4.79 Å². The molecular weight excluding hydrogens is 426 g/mol. The standard InChI is InChI=1S/C25H27NO7/c1-13-22(25(28)32-5)23(15-11-20(30-3)21(31-4)12-19(15)29-2)24-16(26-13)9-14(10-17(24)27)18-7-6-8-33-18/h6-8,11-12,14,23,26H,9-10H2,1-5H3/t14-,23-/m0/s1. The number of ketones is 1. The van der Waals surface area contributed by atoms with Crippen molar-refractivity contribution in [3.05, 3.63) is 64.4 Å². The third-order valence-corrected chi connectivity index (χ3v) is 6.23. The van der Waals surface area contributed by atoms with Gasteiger partial charge in [0.1, 0.15) is 11.5 Å². The molecule has 2 atom stereocenters. The molecule has 1 aliphatic heterocycles. The van der Waals surface area contributed by atoms with Crippen LogP contribution in [-0.4, -0.2) is 40.2 Å². The molecule has 1 aromatic carbocycles. The molecule has 0 amide bonds. The minimum Gasteiger partial charge on any atom is -0.496 e. The van der Waals surface area contributed by atoms with Gasteiger partial charge in [-0.3, -0.25) is 4.79 Å². The van der Waals surface area contributed by atoms with E-state index in [9.17, 15) is 9.59 Å². The number of carbonyl (C=O) groups is 2. The average Bonchev–Trinajstić information content (AvgIpc) is 3.36. The number of hydrogen-bond donors (Lipinski definition) is 1. The minimum absolute atomic E-state index is 0.0686. The number of hydrogen-bond acceptors (Lipinski definition) is 8. The van der Waals surface area contributed by atoms with E-state index in [1.807, 2.05) is 12.1 Å². The van der Waals surface area contributed by atoms with Crippen LogP contribution in [0.25, 0.3) is 0 Å².